The van der Waals surface area contributed by atoms with Gasteiger partial charge in [-0.2, -0.15) is 0 Å². The minimum atomic E-state index is 0.895. The molecule has 1 N–H and O–H groups in total. The molecule has 0 radical (unpaired) electrons. The van der Waals surface area contributed by atoms with E-state index in [1.807, 2.05) is 41.5 Å². The average Bonchev–Trinajstić information content (AvgIpc) is 2.38. The monoisotopic (exact) mass is 217 g/mol. The molecule has 0 aromatic carbocycles. The van der Waals surface area contributed by atoms with E-state index in [2.05, 4.69) is 19.2 Å². The highest BCUT2D eigenvalue weighted by molar-refractivity contribution is 4.70. The molecule has 1 heteroatoms. The second kappa shape index (κ2) is 19.5. The predicted molar refractivity (Wildman–Crippen MR) is 74.5 cm³/mol. The fourth-order valence-corrected chi connectivity index (χ4v) is 1.51. The van der Waals surface area contributed by atoms with Gasteiger partial charge in [-0.3, -0.25) is 0 Å². The Morgan fingerprint density at radius 1 is 0.800 bits per heavy atom. The summed E-state index contributed by atoms with van der Waals surface area (Å²) in [6.07, 6.45) is 2.77. The van der Waals surface area contributed by atoms with E-state index in [1.165, 1.54) is 25.9 Å². The Kier molecular flexibility index (Phi) is 26.5. The molecule has 1 nitrogen and oxygen atoms in total. The van der Waals surface area contributed by atoms with Crippen LogP contribution in [0.3, 0.4) is 0 Å². The van der Waals surface area contributed by atoms with Gasteiger partial charge in [0.2, 0.25) is 0 Å². The predicted octanol–water partition coefficient (Wildman–Crippen LogP) is 4.72. The molecular weight excluding hydrogens is 182 g/mol. The van der Waals surface area contributed by atoms with E-state index >= 15 is 0 Å². The minimum Gasteiger partial charge on any atom is -0.317 e. The van der Waals surface area contributed by atoms with Crippen LogP contribution in [-0.2, 0) is 0 Å². The van der Waals surface area contributed by atoms with Gasteiger partial charge in [0.25, 0.3) is 0 Å². The Morgan fingerprint density at radius 3 is 1.33 bits per heavy atom. The van der Waals surface area contributed by atoms with Crippen molar-refractivity contribution < 1.29 is 0 Å². The molecule has 0 bridgehead atoms. The molecule has 0 saturated carbocycles. The molecule has 1 aliphatic rings. The Bertz CT molecular complexity index is 73.4. The summed E-state index contributed by atoms with van der Waals surface area (Å²) < 4.78 is 0. The Hall–Kier alpha value is -0.0400. The molecule has 1 rings (SSSR count). The fourth-order valence-electron chi connectivity index (χ4n) is 1.51. The summed E-state index contributed by atoms with van der Waals surface area (Å²) in [5.74, 6) is 1.89. The summed E-state index contributed by atoms with van der Waals surface area (Å²) in [6, 6.07) is 0. The SMILES string of the molecule is CC.CC.CC.CC(C)C1CCNCC1. The number of hydrogen-bond donors (Lipinski definition) is 1. The van der Waals surface area contributed by atoms with Gasteiger partial charge in [-0.1, -0.05) is 55.4 Å². The first-order valence-corrected chi connectivity index (χ1v) is 7.01. The van der Waals surface area contributed by atoms with Gasteiger partial charge in [0.05, 0.1) is 0 Å². The van der Waals surface area contributed by atoms with Crippen molar-refractivity contribution in [3.05, 3.63) is 0 Å². The maximum absolute atomic E-state index is 3.37. The lowest BCUT2D eigenvalue weighted by Gasteiger charge is -2.25. The first-order chi connectivity index (χ1) is 7.30. The third-order valence-electron chi connectivity index (χ3n) is 2.33. The first-order valence-electron chi connectivity index (χ1n) is 7.01. The number of rotatable bonds is 1. The van der Waals surface area contributed by atoms with Gasteiger partial charge in [-0.15, -0.1) is 0 Å². The molecule has 1 saturated heterocycles. The van der Waals surface area contributed by atoms with Crippen molar-refractivity contribution in [2.45, 2.75) is 68.2 Å². The van der Waals surface area contributed by atoms with E-state index < -0.39 is 0 Å². The largest absolute Gasteiger partial charge is 0.317 e. The van der Waals surface area contributed by atoms with Gasteiger partial charge in [0, 0.05) is 0 Å². The molecular formula is C14H35N. The van der Waals surface area contributed by atoms with E-state index in [0.717, 1.165) is 11.8 Å². The van der Waals surface area contributed by atoms with Crippen LogP contribution in [0.5, 0.6) is 0 Å². The second-order valence-corrected chi connectivity index (χ2v) is 3.33. The smallest absolute Gasteiger partial charge is 0.00462 e. The van der Waals surface area contributed by atoms with Gasteiger partial charge in [-0.25, -0.2) is 0 Å². The third kappa shape index (κ3) is 14.0. The molecule has 1 fully saturated rings. The van der Waals surface area contributed by atoms with Crippen LogP contribution in [0.25, 0.3) is 0 Å². The molecule has 0 spiro atoms. The van der Waals surface area contributed by atoms with Crippen molar-refractivity contribution in [1.82, 2.24) is 5.32 Å². The highest BCUT2D eigenvalue weighted by atomic mass is 14.9. The van der Waals surface area contributed by atoms with Crippen molar-refractivity contribution in [2.75, 3.05) is 13.1 Å². The van der Waals surface area contributed by atoms with Crippen LogP contribution in [0.4, 0.5) is 0 Å². The van der Waals surface area contributed by atoms with Crippen LogP contribution in [0.2, 0.25) is 0 Å². The van der Waals surface area contributed by atoms with Gasteiger partial charge in [-0.05, 0) is 37.8 Å². The third-order valence-corrected chi connectivity index (χ3v) is 2.33. The molecule has 1 aliphatic heterocycles. The lowest BCUT2D eigenvalue weighted by molar-refractivity contribution is 0.292. The zero-order valence-electron chi connectivity index (χ0n) is 12.5. The lowest BCUT2D eigenvalue weighted by atomic mass is 9.87. The highest BCUT2D eigenvalue weighted by Gasteiger charge is 2.15. The fraction of sp³-hybridized carbons (Fsp3) is 1.00. The van der Waals surface area contributed by atoms with Gasteiger partial charge in [0.1, 0.15) is 0 Å². The molecule has 1 heterocycles. The first kappa shape index (κ1) is 20.4. The van der Waals surface area contributed by atoms with Crippen molar-refractivity contribution in [1.29, 1.82) is 0 Å². The van der Waals surface area contributed by atoms with Crippen LogP contribution >= 0.6 is 0 Å². The molecule has 0 amide bonds. The molecule has 0 aromatic heterocycles. The molecule has 15 heavy (non-hydrogen) atoms. The normalized spacial score (nSPS) is 15.0. The van der Waals surface area contributed by atoms with Gasteiger partial charge in [0.15, 0.2) is 0 Å². The Balaban J connectivity index is -0.000000208. The van der Waals surface area contributed by atoms with Crippen molar-refractivity contribution >= 4 is 0 Å². The molecule has 96 valence electrons. The molecule has 0 aliphatic carbocycles. The standard InChI is InChI=1S/C8H17N.3C2H6/c1-7(2)8-3-5-9-6-4-8;3*1-2/h7-9H,3-6H2,1-2H3;3*1-2H3. The van der Waals surface area contributed by atoms with Crippen LogP contribution in [0, 0.1) is 11.8 Å². The Morgan fingerprint density at radius 2 is 1.13 bits per heavy atom. The summed E-state index contributed by atoms with van der Waals surface area (Å²) in [4.78, 5) is 0. The number of nitrogens with one attached hydrogen (secondary N) is 1. The number of piperidine rings is 1. The second-order valence-electron chi connectivity index (χ2n) is 3.33. The van der Waals surface area contributed by atoms with Crippen molar-refractivity contribution in [3.8, 4) is 0 Å². The summed E-state index contributed by atoms with van der Waals surface area (Å²) in [5.41, 5.74) is 0. The zero-order valence-corrected chi connectivity index (χ0v) is 12.5. The summed E-state index contributed by atoms with van der Waals surface area (Å²) >= 11 is 0. The highest BCUT2D eigenvalue weighted by Crippen LogP contribution is 2.20. The van der Waals surface area contributed by atoms with E-state index in [1.54, 1.807) is 0 Å². The topological polar surface area (TPSA) is 12.0 Å². The molecule has 0 unspecified atom stereocenters. The van der Waals surface area contributed by atoms with Crippen LogP contribution in [0.1, 0.15) is 68.2 Å². The Labute approximate surface area is 99.0 Å². The number of hydrogen-bond acceptors (Lipinski definition) is 1. The van der Waals surface area contributed by atoms with E-state index in [0.29, 0.717) is 0 Å². The van der Waals surface area contributed by atoms with Crippen LogP contribution < -0.4 is 5.32 Å². The van der Waals surface area contributed by atoms with Gasteiger partial charge < -0.3 is 5.32 Å². The van der Waals surface area contributed by atoms with Crippen molar-refractivity contribution in [2.24, 2.45) is 11.8 Å². The minimum absolute atomic E-state index is 0.895. The van der Waals surface area contributed by atoms with Gasteiger partial charge >= 0.3 is 0 Å². The average molecular weight is 217 g/mol. The quantitative estimate of drug-likeness (QED) is 0.670. The maximum Gasteiger partial charge on any atom is -0.00462 e. The molecule has 0 atom stereocenters. The van der Waals surface area contributed by atoms with E-state index in [4.69, 9.17) is 0 Å². The summed E-state index contributed by atoms with van der Waals surface area (Å²) in [5, 5.41) is 3.37. The molecule has 0 aromatic rings. The van der Waals surface area contributed by atoms with E-state index in [9.17, 15) is 0 Å². The summed E-state index contributed by atoms with van der Waals surface area (Å²) in [7, 11) is 0. The lowest BCUT2D eigenvalue weighted by Crippen LogP contribution is -2.29. The van der Waals surface area contributed by atoms with Crippen molar-refractivity contribution in [3.63, 3.8) is 0 Å². The van der Waals surface area contributed by atoms with Crippen LogP contribution in [-0.4, -0.2) is 13.1 Å². The summed E-state index contributed by atoms with van der Waals surface area (Å²) in [6.45, 7) is 19.1. The maximum atomic E-state index is 3.37. The van der Waals surface area contributed by atoms with Crippen LogP contribution in [0.15, 0.2) is 0 Å². The zero-order chi connectivity index (χ0) is 12.7. The van der Waals surface area contributed by atoms with E-state index in [-0.39, 0.29) is 0 Å².